The van der Waals surface area contributed by atoms with Crippen LogP contribution in [0.25, 0.3) is 0 Å². The quantitative estimate of drug-likeness (QED) is 0.742. The van der Waals surface area contributed by atoms with Gasteiger partial charge in [-0.1, -0.05) is 6.07 Å². The molecule has 1 aromatic rings. The first-order chi connectivity index (χ1) is 9.04. The molecule has 0 fully saturated rings. The van der Waals surface area contributed by atoms with Crippen molar-refractivity contribution in [2.75, 3.05) is 18.5 Å². The van der Waals surface area contributed by atoms with Crippen molar-refractivity contribution in [2.24, 2.45) is 0 Å². The minimum atomic E-state index is -0.995. The van der Waals surface area contributed by atoms with Crippen LogP contribution >= 0.6 is 0 Å². The zero-order valence-corrected chi connectivity index (χ0v) is 11.2. The minimum Gasteiger partial charge on any atom is -0.478 e. The van der Waals surface area contributed by atoms with Crippen LogP contribution in [0.3, 0.4) is 0 Å². The number of hydrogen-bond donors (Lipinski definition) is 2. The molecule has 0 saturated heterocycles. The molecule has 5 nitrogen and oxygen atoms in total. The monoisotopic (exact) mass is 265 g/mol. The summed E-state index contributed by atoms with van der Waals surface area (Å²) in [6.07, 6.45) is 1.01. The summed E-state index contributed by atoms with van der Waals surface area (Å²) in [6.45, 7) is 4.82. The Hall–Kier alpha value is -1.88. The number of benzene rings is 1. The third-order valence-electron chi connectivity index (χ3n) is 2.65. The molecule has 0 spiro atoms. The number of hydrogen-bond acceptors (Lipinski definition) is 3. The Kier molecular flexibility index (Phi) is 6.02. The van der Waals surface area contributed by atoms with Crippen molar-refractivity contribution in [3.63, 3.8) is 0 Å². The summed E-state index contributed by atoms with van der Waals surface area (Å²) in [4.78, 5) is 22.6. The van der Waals surface area contributed by atoms with Gasteiger partial charge in [-0.2, -0.15) is 0 Å². The molecule has 0 aliphatic rings. The minimum absolute atomic E-state index is 0.139. The van der Waals surface area contributed by atoms with E-state index in [2.05, 4.69) is 5.32 Å². The second kappa shape index (κ2) is 7.53. The summed E-state index contributed by atoms with van der Waals surface area (Å²) >= 11 is 0. The smallest absolute Gasteiger partial charge is 0.336 e. The zero-order chi connectivity index (χ0) is 14.3. The molecule has 104 valence electrons. The van der Waals surface area contributed by atoms with Crippen molar-refractivity contribution in [3.8, 4) is 0 Å². The van der Waals surface area contributed by atoms with Gasteiger partial charge in [-0.15, -0.1) is 0 Å². The Bertz CT molecular complexity index is 457. The van der Waals surface area contributed by atoms with Crippen molar-refractivity contribution in [2.45, 2.75) is 26.7 Å². The molecule has 1 aromatic carbocycles. The molecule has 0 aliphatic heterocycles. The van der Waals surface area contributed by atoms with E-state index < -0.39 is 5.97 Å². The lowest BCUT2D eigenvalue weighted by atomic mass is 10.1. The molecule has 1 amide bonds. The second-order valence-electron chi connectivity index (χ2n) is 4.18. The molecule has 0 aromatic heterocycles. The number of carbonyl (C=O) groups is 2. The molecule has 1 rings (SSSR count). The Labute approximate surface area is 112 Å². The van der Waals surface area contributed by atoms with Gasteiger partial charge in [-0.05, 0) is 38.0 Å². The highest BCUT2D eigenvalue weighted by Gasteiger charge is 2.09. The van der Waals surface area contributed by atoms with E-state index in [-0.39, 0.29) is 11.5 Å². The van der Waals surface area contributed by atoms with Crippen LogP contribution in [0.2, 0.25) is 0 Å². The number of carboxylic acid groups (broad SMARTS) is 1. The van der Waals surface area contributed by atoms with Crippen LogP contribution in [0.4, 0.5) is 5.69 Å². The van der Waals surface area contributed by atoms with Crippen molar-refractivity contribution < 1.29 is 19.4 Å². The molecule has 0 heterocycles. The summed E-state index contributed by atoms with van der Waals surface area (Å²) < 4.78 is 5.14. The lowest BCUT2D eigenvalue weighted by molar-refractivity contribution is -0.116. The van der Waals surface area contributed by atoms with Crippen LogP contribution in [-0.4, -0.2) is 30.2 Å². The van der Waals surface area contributed by atoms with Crippen LogP contribution in [0.1, 0.15) is 35.7 Å². The fourth-order valence-corrected chi connectivity index (χ4v) is 1.63. The third kappa shape index (κ3) is 5.09. The summed E-state index contributed by atoms with van der Waals surface area (Å²) in [7, 11) is 0. The van der Waals surface area contributed by atoms with Crippen LogP contribution in [-0.2, 0) is 9.53 Å². The second-order valence-corrected chi connectivity index (χ2v) is 4.18. The molecule has 0 radical (unpaired) electrons. The van der Waals surface area contributed by atoms with Gasteiger partial charge in [0.25, 0.3) is 0 Å². The topological polar surface area (TPSA) is 75.6 Å². The van der Waals surface area contributed by atoms with Crippen LogP contribution in [0.15, 0.2) is 18.2 Å². The van der Waals surface area contributed by atoms with E-state index in [0.717, 1.165) is 0 Å². The van der Waals surface area contributed by atoms with Gasteiger partial charge >= 0.3 is 5.97 Å². The van der Waals surface area contributed by atoms with Gasteiger partial charge in [0.1, 0.15) is 0 Å². The van der Waals surface area contributed by atoms with Crippen molar-refractivity contribution in [3.05, 3.63) is 29.3 Å². The van der Waals surface area contributed by atoms with Gasteiger partial charge in [0.15, 0.2) is 0 Å². The average molecular weight is 265 g/mol. The van der Waals surface area contributed by atoms with Gasteiger partial charge in [0.2, 0.25) is 5.91 Å². The molecule has 0 aliphatic carbocycles. The molecule has 0 bridgehead atoms. The maximum atomic E-state index is 11.6. The Balaban J connectivity index is 2.55. The molecule has 0 saturated carbocycles. The number of amides is 1. The predicted molar refractivity (Wildman–Crippen MR) is 72.5 cm³/mol. The SMILES string of the molecule is CCOCCCC(=O)Nc1ccc(C)c(C(=O)O)c1. The first-order valence-corrected chi connectivity index (χ1v) is 6.26. The highest BCUT2D eigenvalue weighted by atomic mass is 16.5. The summed E-state index contributed by atoms with van der Waals surface area (Å²) in [5.74, 6) is -1.13. The average Bonchev–Trinajstić information content (AvgIpc) is 2.36. The Morgan fingerprint density at radius 3 is 2.74 bits per heavy atom. The number of carboxylic acids is 1. The molecule has 0 unspecified atom stereocenters. The number of ether oxygens (including phenoxy) is 1. The van der Waals surface area contributed by atoms with Crippen LogP contribution in [0, 0.1) is 6.92 Å². The van der Waals surface area contributed by atoms with Crippen molar-refractivity contribution in [1.82, 2.24) is 0 Å². The largest absolute Gasteiger partial charge is 0.478 e. The van der Waals surface area contributed by atoms with Crippen molar-refractivity contribution in [1.29, 1.82) is 0 Å². The summed E-state index contributed by atoms with van der Waals surface area (Å²) in [5.41, 5.74) is 1.37. The maximum absolute atomic E-state index is 11.6. The normalized spacial score (nSPS) is 10.2. The molecule has 2 N–H and O–H groups in total. The number of aromatic carboxylic acids is 1. The van der Waals surface area contributed by atoms with Crippen LogP contribution in [0.5, 0.6) is 0 Å². The lowest BCUT2D eigenvalue weighted by Gasteiger charge is -2.08. The third-order valence-corrected chi connectivity index (χ3v) is 2.65. The van der Waals surface area contributed by atoms with E-state index in [4.69, 9.17) is 9.84 Å². The predicted octanol–water partition coefficient (Wildman–Crippen LogP) is 2.45. The number of aryl methyl sites for hydroxylation is 1. The fraction of sp³-hybridized carbons (Fsp3) is 0.429. The van der Waals surface area contributed by atoms with Crippen LogP contribution < -0.4 is 5.32 Å². The summed E-state index contributed by atoms with van der Waals surface area (Å²) in [5, 5.41) is 11.7. The first-order valence-electron chi connectivity index (χ1n) is 6.26. The molecular weight excluding hydrogens is 246 g/mol. The lowest BCUT2D eigenvalue weighted by Crippen LogP contribution is -2.13. The Morgan fingerprint density at radius 1 is 1.37 bits per heavy atom. The summed E-state index contributed by atoms with van der Waals surface area (Å²) in [6, 6.07) is 4.85. The van der Waals surface area contributed by atoms with E-state index in [0.29, 0.717) is 37.3 Å². The number of anilines is 1. The Morgan fingerprint density at radius 2 is 2.11 bits per heavy atom. The molecular formula is C14H19NO4. The van der Waals surface area contributed by atoms with Gasteiger partial charge in [-0.3, -0.25) is 4.79 Å². The fourth-order valence-electron chi connectivity index (χ4n) is 1.63. The molecule has 5 heteroatoms. The molecule has 19 heavy (non-hydrogen) atoms. The van der Waals surface area contributed by atoms with Gasteiger partial charge in [-0.25, -0.2) is 4.79 Å². The van der Waals surface area contributed by atoms with E-state index >= 15 is 0 Å². The van der Waals surface area contributed by atoms with Gasteiger partial charge in [0.05, 0.1) is 5.56 Å². The van der Waals surface area contributed by atoms with Crippen molar-refractivity contribution >= 4 is 17.6 Å². The van der Waals surface area contributed by atoms with E-state index in [9.17, 15) is 9.59 Å². The maximum Gasteiger partial charge on any atom is 0.336 e. The number of nitrogens with one attached hydrogen (secondary N) is 1. The van der Waals surface area contributed by atoms with E-state index in [1.807, 2.05) is 6.92 Å². The zero-order valence-electron chi connectivity index (χ0n) is 11.2. The van der Waals surface area contributed by atoms with E-state index in [1.165, 1.54) is 6.07 Å². The van der Waals surface area contributed by atoms with Gasteiger partial charge in [0, 0.05) is 25.3 Å². The molecule has 0 atom stereocenters. The first kappa shape index (κ1) is 15.2. The standard InChI is InChI=1S/C14H19NO4/c1-3-19-8-4-5-13(16)15-11-7-6-10(2)12(9-11)14(17)18/h6-7,9H,3-5,8H2,1-2H3,(H,15,16)(H,17,18). The van der Waals surface area contributed by atoms with Gasteiger partial charge < -0.3 is 15.2 Å². The highest BCUT2D eigenvalue weighted by Crippen LogP contribution is 2.15. The number of rotatable bonds is 7. The highest BCUT2D eigenvalue weighted by molar-refractivity contribution is 5.94. The van der Waals surface area contributed by atoms with E-state index in [1.54, 1.807) is 19.1 Å². The number of carbonyl (C=O) groups excluding carboxylic acids is 1.